The molecule has 0 aromatic carbocycles. The Morgan fingerprint density at radius 2 is 2.15 bits per heavy atom. The summed E-state index contributed by atoms with van der Waals surface area (Å²) in [6, 6.07) is 0.486. The van der Waals surface area contributed by atoms with E-state index >= 15 is 0 Å². The number of fused-ring (bicyclic) bond motifs is 2. The first-order chi connectivity index (χ1) is 12.2. The molecule has 1 saturated heterocycles. The maximum Gasteiger partial charge on any atom is 0.193 e. The lowest BCUT2D eigenvalue weighted by Gasteiger charge is -2.39. The topological polar surface area (TPSA) is 45.5 Å². The normalized spacial score (nSPS) is 34.0. The maximum atomic E-state index is 4.57. The third kappa shape index (κ3) is 4.20. The molecule has 0 radical (unpaired) electrons. The average molecular weight is 471 g/mol. The van der Waals surface area contributed by atoms with Crippen LogP contribution in [0.3, 0.4) is 0 Å². The highest BCUT2D eigenvalue weighted by Gasteiger charge is 2.39. The molecule has 6 heteroatoms. The van der Waals surface area contributed by atoms with Gasteiger partial charge in [-0.2, -0.15) is 0 Å². The number of hydrogen-bond acceptors (Lipinski definition) is 2. The Hall–Kier alpha value is -0.790. The second-order valence-corrected chi connectivity index (χ2v) is 8.49. The van der Waals surface area contributed by atoms with E-state index in [9.17, 15) is 0 Å². The average Bonchev–Trinajstić information content (AvgIpc) is 3.37. The molecule has 4 rings (SSSR count). The van der Waals surface area contributed by atoms with Gasteiger partial charge in [0.2, 0.25) is 0 Å². The van der Waals surface area contributed by atoms with Crippen molar-refractivity contribution in [3.63, 3.8) is 0 Å². The van der Waals surface area contributed by atoms with Crippen LogP contribution < -0.4 is 5.32 Å². The largest absolute Gasteiger partial charge is 0.356 e. The molecular formula is C20H34IN5. The molecule has 1 N–H and O–H groups in total. The highest BCUT2D eigenvalue weighted by Crippen LogP contribution is 2.49. The molecule has 2 heterocycles. The number of aromatic nitrogens is 2. The van der Waals surface area contributed by atoms with Gasteiger partial charge in [0.15, 0.2) is 5.96 Å². The van der Waals surface area contributed by atoms with Gasteiger partial charge in [-0.3, -0.25) is 4.99 Å². The van der Waals surface area contributed by atoms with Crippen LogP contribution in [-0.2, 0) is 0 Å². The minimum Gasteiger partial charge on any atom is -0.356 e. The van der Waals surface area contributed by atoms with Crippen molar-refractivity contribution in [2.24, 2.45) is 28.7 Å². The third-order valence-corrected chi connectivity index (χ3v) is 7.02. The third-order valence-electron chi connectivity index (χ3n) is 7.02. The van der Waals surface area contributed by atoms with Gasteiger partial charge >= 0.3 is 0 Å². The van der Waals surface area contributed by atoms with Crippen LogP contribution >= 0.6 is 24.0 Å². The Balaban J connectivity index is 0.00000196. The molecule has 2 bridgehead atoms. The SMILES string of the molecule is CN=C(NCCC1CC2CCC1C2)N1CCC(C)C(n2ccnc2)C1.I. The molecule has 5 nitrogen and oxygen atoms in total. The molecule has 1 aromatic rings. The van der Waals surface area contributed by atoms with Gasteiger partial charge in [0.1, 0.15) is 0 Å². The maximum absolute atomic E-state index is 4.57. The molecular weight excluding hydrogens is 437 g/mol. The summed E-state index contributed by atoms with van der Waals surface area (Å²) in [5.74, 6) is 4.80. The molecule has 3 aliphatic rings. The van der Waals surface area contributed by atoms with Gasteiger partial charge < -0.3 is 14.8 Å². The first kappa shape index (κ1) is 20.0. The highest BCUT2D eigenvalue weighted by atomic mass is 127. The fraction of sp³-hybridized carbons (Fsp3) is 0.800. The van der Waals surface area contributed by atoms with Gasteiger partial charge in [-0.15, -0.1) is 24.0 Å². The van der Waals surface area contributed by atoms with Crippen molar-refractivity contribution in [1.82, 2.24) is 19.8 Å². The van der Waals surface area contributed by atoms with Crippen LogP contribution in [0.5, 0.6) is 0 Å². The van der Waals surface area contributed by atoms with Gasteiger partial charge in [-0.05, 0) is 55.8 Å². The van der Waals surface area contributed by atoms with E-state index in [1.165, 1.54) is 38.5 Å². The molecule has 0 spiro atoms. The predicted molar refractivity (Wildman–Crippen MR) is 117 cm³/mol. The van der Waals surface area contributed by atoms with Crippen molar-refractivity contribution < 1.29 is 0 Å². The van der Waals surface area contributed by atoms with Gasteiger partial charge in [-0.1, -0.05) is 13.3 Å². The summed E-state index contributed by atoms with van der Waals surface area (Å²) in [5, 5.41) is 3.66. The number of aliphatic imine (C=N–C) groups is 1. The van der Waals surface area contributed by atoms with Gasteiger partial charge in [0.25, 0.3) is 0 Å². The Kier molecular flexibility index (Phi) is 6.86. The van der Waals surface area contributed by atoms with Crippen LogP contribution in [0.2, 0.25) is 0 Å². The Morgan fingerprint density at radius 3 is 2.81 bits per heavy atom. The Bertz CT molecular complexity index is 587. The van der Waals surface area contributed by atoms with E-state index in [1.807, 2.05) is 19.6 Å². The molecule has 0 amide bonds. The summed E-state index contributed by atoms with van der Waals surface area (Å²) in [4.78, 5) is 11.2. The molecule has 2 saturated carbocycles. The standard InChI is InChI=1S/C20H33N5.HI/c1-15-6-9-24(13-19(15)25-10-8-22-14-25)20(21-2)23-7-5-18-12-16-3-4-17(18)11-16;/h8,10,14-19H,3-7,9,11-13H2,1-2H3,(H,21,23);1H. The van der Waals surface area contributed by atoms with Gasteiger partial charge in [-0.25, -0.2) is 4.98 Å². The van der Waals surface area contributed by atoms with Gasteiger partial charge in [0.05, 0.1) is 12.4 Å². The number of imidazole rings is 1. The van der Waals surface area contributed by atoms with Crippen LogP contribution in [0, 0.1) is 23.7 Å². The van der Waals surface area contributed by atoms with Crippen molar-refractivity contribution in [2.45, 2.75) is 51.5 Å². The smallest absolute Gasteiger partial charge is 0.193 e. The molecule has 5 unspecified atom stereocenters. The second-order valence-electron chi connectivity index (χ2n) is 8.49. The number of nitrogens with zero attached hydrogens (tertiary/aromatic N) is 4. The monoisotopic (exact) mass is 471 g/mol. The Labute approximate surface area is 175 Å². The lowest BCUT2D eigenvalue weighted by Crippen LogP contribution is -2.49. The summed E-state index contributed by atoms with van der Waals surface area (Å²) in [5.41, 5.74) is 0. The highest BCUT2D eigenvalue weighted by molar-refractivity contribution is 14.0. The molecule has 2 aliphatic carbocycles. The van der Waals surface area contributed by atoms with Crippen molar-refractivity contribution in [3.8, 4) is 0 Å². The summed E-state index contributed by atoms with van der Waals surface area (Å²) in [6.07, 6.45) is 14.4. The summed E-state index contributed by atoms with van der Waals surface area (Å²) in [7, 11) is 1.92. The number of likely N-dealkylation sites (tertiary alicyclic amines) is 1. The number of hydrogen-bond donors (Lipinski definition) is 1. The van der Waals surface area contributed by atoms with Crippen LogP contribution in [0.1, 0.15) is 51.5 Å². The minimum absolute atomic E-state index is 0. The first-order valence-corrected chi connectivity index (χ1v) is 10.2. The summed E-state index contributed by atoms with van der Waals surface area (Å²) < 4.78 is 2.26. The van der Waals surface area contributed by atoms with Crippen molar-refractivity contribution in [1.29, 1.82) is 0 Å². The lowest BCUT2D eigenvalue weighted by atomic mass is 9.86. The zero-order valence-corrected chi connectivity index (χ0v) is 18.5. The molecule has 146 valence electrons. The number of rotatable bonds is 4. The molecule has 5 atom stereocenters. The van der Waals surface area contributed by atoms with E-state index in [0.717, 1.165) is 43.3 Å². The number of guanidine groups is 1. The fourth-order valence-corrected chi connectivity index (χ4v) is 5.53. The number of halogens is 1. The van der Waals surface area contributed by atoms with E-state index in [2.05, 4.69) is 37.9 Å². The first-order valence-electron chi connectivity index (χ1n) is 10.2. The van der Waals surface area contributed by atoms with Crippen molar-refractivity contribution >= 4 is 29.9 Å². The van der Waals surface area contributed by atoms with Crippen molar-refractivity contribution in [2.75, 3.05) is 26.7 Å². The number of piperidine rings is 1. The van der Waals surface area contributed by atoms with E-state index in [4.69, 9.17) is 0 Å². The van der Waals surface area contributed by atoms with E-state index in [0.29, 0.717) is 12.0 Å². The minimum atomic E-state index is 0. The molecule has 3 fully saturated rings. The molecule has 1 aliphatic heterocycles. The summed E-state index contributed by atoms with van der Waals surface area (Å²) in [6.45, 7) is 5.54. The van der Waals surface area contributed by atoms with Crippen molar-refractivity contribution in [3.05, 3.63) is 18.7 Å². The van der Waals surface area contributed by atoms with Crippen LogP contribution in [-0.4, -0.2) is 47.1 Å². The van der Waals surface area contributed by atoms with Gasteiger partial charge in [0, 0.05) is 39.1 Å². The zero-order valence-electron chi connectivity index (χ0n) is 16.2. The van der Waals surface area contributed by atoms with E-state index in [1.54, 1.807) is 0 Å². The lowest BCUT2D eigenvalue weighted by molar-refractivity contribution is 0.188. The van der Waals surface area contributed by atoms with Crippen LogP contribution in [0.25, 0.3) is 0 Å². The fourth-order valence-electron chi connectivity index (χ4n) is 5.53. The zero-order chi connectivity index (χ0) is 17.2. The van der Waals surface area contributed by atoms with E-state index < -0.39 is 0 Å². The van der Waals surface area contributed by atoms with Crippen LogP contribution in [0.4, 0.5) is 0 Å². The Morgan fingerprint density at radius 1 is 1.27 bits per heavy atom. The summed E-state index contributed by atoms with van der Waals surface area (Å²) >= 11 is 0. The number of nitrogens with one attached hydrogen (secondary N) is 1. The molecule has 26 heavy (non-hydrogen) atoms. The van der Waals surface area contributed by atoms with Crippen LogP contribution in [0.15, 0.2) is 23.7 Å². The van der Waals surface area contributed by atoms with E-state index in [-0.39, 0.29) is 24.0 Å². The quantitative estimate of drug-likeness (QED) is 0.413. The molecule has 1 aromatic heterocycles. The second kappa shape index (κ2) is 8.93. The predicted octanol–water partition coefficient (Wildman–Crippen LogP) is 3.79.